The van der Waals surface area contributed by atoms with Gasteiger partial charge < -0.3 is 10.1 Å². The summed E-state index contributed by atoms with van der Waals surface area (Å²) < 4.78 is 5.75. The Morgan fingerprint density at radius 2 is 2.31 bits per heavy atom. The van der Waals surface area contributed by atoms with Crippen molar-refractivity contribution in [1.82, 2.24) is 5.32 Å². The molecule has 0 aromatic heterocycles. The van der Waals surface area contributed by atoms with Gasteiger partial charge in [-0.05, 0) is 51.5 Å². The van der Waals surface area contributed by atoms with Crippen molar-refractivity contribution in [2.24, 2.45) is 5.92 Å². The van der Waals surface area contributed by atoms with Crippen LogP contribution in [0.2, 0.25) is 0 Å². The van der Waals surface area contributed by atoms with Gasteiger partial charge in [0.15, 0.2) is 0 Å². The number of rotatable bonds is 2. The van der Waals surface area contributed by atoms with Crippen molar-refractivity contribution < 1.29 is 4.74 Å². The van der Waals surface area contributed by atoms with Crippen LogP contribution in [0, 0.1) is 5.92 Å². The molecule has 76 valence electrons. The maximum atomic E-state index is 5.75. The van der Waals surface area contributed by atoms with Crippen LogP contribution in [0.3, 0.4) is 0 Å². The van der Waals surface area contributed by atoms with Gasteiger partial charge in [-0.2, -0.15) is 0 Å². The van der Waals surface area contributed by atoms with Crippen molar-refractivity contribution in [3.8, 4) is 0 Å². The molecule has 2 aliphatic rings. The van der Waals surface area contributed by atoms with Gasteiger partial charge >= 0.3 is 0 Å². The van der Waals surface area contributed by atoms with Gasteiger partial charge in [0.25, 0.3) is 0 Å². The third kappa shape index (κ3) is 2.68. The molecule has 2 rings (SSSR count). The van der Waals surface area contributed by atoms with E-state index in [4.69, 9.17) is 4.74 Å². The molecule has 2 saturated heterocycles. The van der Waals surface area contributed by atoms with Crippen LogP contribution in [0.15, 0.2) is 0 Å². The first-order chi connectivity index (χ1) is 6.34. The molecule has 2 aliphatic heterocycles. The monoisotopic (exact) mass is 183 g/mol. The lowest BCUT2D eigenvalue weighted by Crippen LogP contribution is -2.23. The largest absolute Gasteiger partial charge is 0.378 e. The molecule has 3 atom stereocenters. The van der Waals surface area contributed by atoms with Crippen LogP contribution >= 0.6 is 0 Å². The van der Waals surface area contributed by atoms with E-state index in [2.05, 4.69) is 12.2 Å². The summed E-state index contributed by atoms with van der Waals surface area (Å²) in [6.07, 6.45) is 7.16. The van der Waals surface area contributed by atoms with Gasteiger partial charge in [0.2, 0.25) is 0 Å². The zero-order chi connectivity index (χ0) is 9.10. The lowest BCUT2D eigenvalue weighted by molar-refractivity contribution is 0.00283. The summed E-state index contributed by atoms with van der Waals surface area (Å²) in [5.74, 6) is 0.873. The SMILES string of the molecule is CC1CC(CC2CCCCO2)CN1. The molecule has 0 aromatic rings. The van der Waals surface area contributed by atoms with Gasteiger partial charge in [-0.25, -0.2) is 0 Å². The molecule has 0 spiro atoms. The molecule has 2 heteroatoms. The van der Waals surface area contributed by atoms with Crippen LogP contribution in [0.5, 0.6) is 0 Å². The quantitative estimate of drug-likeness (QED) is 0.706. The summed E-state index contributed by atoms with van der Waals surface area (Å²) in [5, 5.41) is 3.50. The summed E-state index contributed by atoms with van der Waals surface area (Å²) in [6.45, 7) is 4.49. The maximum absolute atomic E-state index is 5.75. The van der Waals surface area contributed by atoms with Crippen molar-refractivity contribution in [2.45, 2.75) is 51.2 Å². The zero-order valence-electron chi connectivity index (χ0n) is 8.59. The molecule has 2 nitrogen and oxygen atoms in total. The van der Waals surface area contributed by atoms with Crippen LogP contribution in [0.4, 0.5) is 0 Å². The van der Waals surface area contributed by atoms with Crippen molar-refractivity contribution in [1.29, 1.82) is 0 Å². The molecule has 0 saturated carbocycles. The van der Waals surface area contributed by atoms with Gasteiger partial charge in [-0.3, -0.25) is 0 Å². The van der Waals surface area contributed by atoms with Gasteiger partial charge in [0.1, 0.15) is 0 Å². The lowest BCUT2D eigenvalue weighted by Gasteiger charge is -2.24. The summed E-state index contributed by atoms with van der Waals surface area (Å²) in [6, 6.07) is 0.730. The fraction of sp³-hybridized carbons (Fsp3) is 1.00. The number of hydrogen-bond acceptors (Lipinski definition) is 2. The molecular weight excluding hydrogens is 162 g/mol. The fourth-order valence-electron chi connectivity index (χ4n) is 2.58. The number of hydrogen-bond donors (Lipinski definition) is 1. The van der Waals surface area contributed by atoms with Crippen molar-refractivity contribution in [2.75, 3.05) is 13.2 Å². The molecule has 0 amide bonds. The molecule has 0 aromatic carbocycles. The highest BCUT2D eigenvalue weighted by Gasteiger charge is 2.25. The lowest BCUT2D eigenvalue weighted by atomic mass is 9.95. The van der Waals surface area contributed by atoms with E-state index in [0.29, 0.717) is 6.10 Å². The standard InChI is InChI=1S/C11H21NO/c1-9-6-10(8-12-9)7-11-4-2-3-5-13-11/h9-12H,2-8H2,1H3. The summed E-state index contributed by atoms with van der Waals surface area (Å²) in [4.78, 5) is 0. The molecule has 13 heavy (non-hydrogen) atoms. The van der Waals surface area contributed by atoms with E-state index in [0.717, 1.165) is 18.6 Å². The fourth-order valence-corrected chi connectivity index (χ4v) is 2.58. The average molecular weight is 183 g/mol. The Balaban J connectivity index is 1.71. The highest BCUT2D eigenvalue weighted by Crippen LogP contribution is 2.24. The van der Waals surface area contributed by atoms with E-state index in [-0.39, 0.29) is 0 Å². The predicted molar refractivity (Wildman–Crippen MR) is 53.8 cm³/mol. The predicted octanol–water partition coefficient (Wildman–Crippen LogP) is 1.94. The van der Waals surface area contributed by atoms with Gasteiger partial charge in [0.05, 0.1) is 6.10 Å². The van der Waals surface area contributed by atoms with E-state index in [1.165, 1.54) is 38.6 Å². The maximum Gasteiger partial charge on any atom is 0.0578 e. The Morgan fingerprint density at radius 1 is 1.38 bits per heavy atom. The minimum Gasteiger partial charge on any atom is -0.378 e. The van der Waals surface area contributed by atoms with Gasteiger partial charge in [-0.15, -0.1) is 0 Å². The first-order valence-electron chi connectivity index (χ1n) is 5.69. The number of nitrogens with one attached hydrogen (secondary N) is 1. The van der Waals surface area contributed by atoms with Crippen LogP contribution in [-0.2, 0) is 4.74 Å². The Labute approximate surface area is 81.0 Å². The highest BCUT2D eigenvalue weighted by molar-refractivity contribution is 4.81. The third-order valence-electron chi connectivity index (χ3n) is 3.31. The van der Waals surface area contributed by atoms with Gasteiger partial charge in [0, 0.05) is 12.6 Å². The smallest absolute Gasteiger partial charge is 0.0578 e. The van der Waals surface area contributed by atoms with Crippen LogP contribution in [-0.4, -0.2) is 25.3 Å². The average Bonchev–Trinajstić information content (AvgIpc) is 2.53. The molecule has 0 bridgehead atoms. The zero-order valence-corrected chi connectivity index (χ0v) is 8.59. The molecule has 3 unspecified atom stereocenters. The second-order valence-electron chi connectivity index (χ2n) is 4.64. The van der Waals surface area contributed by atoms with Crippen molar-refractivity contribution in [3.05, 3.63) is 0 Å². The summed E-state index contributed by atoms with van der Waals surface area (Å²) in [5.41, 5.74) is 0. The summed E-state index contributed by atoms with van der Waals surface area (Å²) >= 11 is 0. The van der Waals surface area contributed by atoms with Crippen molar-refractivity contribution in [3.63, 3.8) is 0 Å². The minimum absolute atomic E-state index is 0.575. The second-order valence-corrected chi connectivity index (χ2v) is 4.64. The Morgan fingerprint density at radius 3 is 2.92 bits per heavy atom. The third-order valence-corrected chi connectivity index (χ3v) is 3.31. The number of ether oxygens (including phenoxy) is 1. The van der Waals surface area contributed by atoms with E-state index in [1.54, 1.807) is 0 Å². The van der Waals surface area contributed by atoms with Crippen LogP contribution in [0.1, 0.15) is 39.0 Å². The second kappa shape index (κ2) is 4.43. The van der Waals surface area contributed by atoms with Crippen molar-refractivity contribution >= 4 is 0 Å². The van der Waals surface area contributed by atoms with Crippen LogP contribution < -0.4 is 5.32 Å². The van der Waals surface area contributed by atoms with E-state index in [1.807, 2.05) is 0 Å². The first-order valence-corrected chi connectivity index (χ1v) is 5.69. The molecule has 1 N–H and O–H groups in total. The Hall–Kier alpha value is -0.0800. The first kappa shape index (κ1) is 9.47. The Bertz CT molecular complexity index is 151. The topological polar surface area (TPSA) is 21.3 Å². The highest BCUT2D eigenvalue weighted by atomic mass is 16.5. The minimum atomic E-state index is 0.575. The molecule has 2 fully saturated rings. The van der Waals surface area contributed by atoms with Gasteiger partial charge in [-0.1, -0.05) is 0 Å². The molecule has 0 radical (unpaired) electrons. The van der Waals surface area contributed by atoms with Crippen LogP contribution in [0.25, 0.3) is 0 Å². The normalized spacial score (nSPS) is 40.8. The molecular formula is C11H21NO. The molecule has 0 aliphatic carbocycles. The molecule has 2 heterocycles. The summed E-state index contributed by atoms with van der Waals surface area (Å²) in [7, 11) is 0. The van der Waals surface area contributed by atoms with E-state index >= 15 is 0 Å². The van der Waals surface area contributed by atoms with E-state index in [9.17, 15) is 0 Å². The van der Waals surface area contributed by atoms with E-state index < -0.39 is 0 Å². The Kier molecular flexibility index (Phi) is 3.23.